The van der Waals surface area contributed by atoms with Crippen molar-refractivity contribution in [2.75, 3.05) is 26.3 Å². The molecule has 0 radical (unpaired) electrons. The van der Waals surface area contributed by atoms with Crippen LogP contribution in [0.1, 0.15) is 6.92 Å². The van der Waals surface area contributed by atoms with Gasteiger partial charge in [0.1, 0.15) is 5.75 Å². The van der Waals surface area contributed by atoms with Crippen LogP contribution in [-0.2, 0) is 9.53 Å². The zero-order chi connectivity index (χ0) is 13.8. The first kappa shape index (κ1) is 14.6. The molecule has 1 unspecified atom stereocenters. The van der Waals surface area contributed by atoms with Crippen molar-refractivity contribution in [3.63, 3.8) is 0 Å². The summed E-state index contributed by atoms with van der Waals surface area (Å²) in [5.74, 6) is 0.473. The number of morpholine rings is 1. The Bertz CT molecular complexity index is 463. The van der Waals surface area contributed by atoms with Gasteiger partial charge in [0.05, 0.1) is 18.2 Å². The molecule has 0 N–H and O–H groups in total. The number of hydrogen-bond acceptors (Lipinski definition) is 3. The van der Waals surface area contributed by atoms with Gasteiger partial charge in [0.2, 0.25) is 0 Å². The van der Waals surface area contributed by atoms with Gasteiger partial charge in [0, 0.05) is 17.6 Å². The minimum atomic E-state index is -0.559. The predicted octanol–water partition coefficient (Wildman–Crippen LogP) is 2.73. The molecule has 1 saturated heterocycles. The highest BCUT2D eigenvalue weighted by Gasteiger charge is 2.24. The van der Waals surface area contributed by atoms with E-state index in [0.29, 0.717) is 37.1 Å². The predicted molar refractivity (Wildman–Crippen MR) is 76.6 cm³/mol. The standard InChI is InChI=1S/C13H15BrClNO3/c1-9(13(17)16-4-6-18-7-5-16)19-12-3-2-10(14)8-11(12)15/h2-3,8-9H,4-7H2,1H3. The molecular formula is C13H15BrClNO3. The van der Waals surface area contributed by atoms with E-state index < -0.39 is 6.10 Å². The van der Waals surface area contributed by atoms with E-state index in [-0.39, 0.29) is 5.91 Å². The second-order valence-electron chi connectivity index (χ2n) is 4.27. The monoisotopic (exact) mass is 347 g/mol. The third-order valence-electron chi connectivity index (χ3n) is 2.87. The number of benzene rings is 1. The minimum absolute atomic E-state index is 0.0396. The van der Waals surface area contributed by atoms with Crippen LogP contribution in [0.5, 0.6) is 5.75 Å². The molecule has 4 nitrogen and oxygen atoms in total. The van der Waals surface area contributed by atoms with E-state index in [9.17, 15) is 4.79 Å². The summed E-state index contributed by atoms with van der Waals surface area (Å²) in [6.07, 6.45) is -0.559. The first-order valence-electron chi connectivity index (χ1n) is 6.06. The molecule has 19 heavy (non-hydrogen) atoms. The normalized spacial score (nSPS) is 17.1. The van der Waals surface area contributed by atoms with E-state index in [2.05, 4.69) is 15.9 Å². The topological polar surface area (TPSA) is 38.8 Å². The van der Waals surface area contributed by atoms with Crippen molar-refractivity contribution in [3.8, 4) is 5.75 Å². The fourth-order valence-corrected chi connectivity index (χ4v) is 2.57. The van der Waals surface area contributed by atoms with Crippen molar-refractivity contribution < 1.29 is 14.3 Å². The SMILES string of the molecule is CC(Oc1ccc(Br)cc1Cl)C(=O)N1CCOCC1. The van der Waals surface area contributed by atoms with Gasteiger partial charge in [0.25, 0.3) is 5.91 Å². The smallest absolute Gasteiger partial charge is 0.263 e. The average molecular weight is 349 g/mol. The Labute approximate surface area is 125 Å². The molecule has 0 spiro atoms. The molecule has 1 aromatic rings. The molecule has 0 aliphatic carbocycles. The highest BCUT2D eigenvalue weighted by Crippen LogP contribution is 2.28. The summed E-state index contributed by atoms with van der Waals surface area (Å²) in [5, 5.41) is 0.482. The van der Waals surface area contributed by atoms with Gasteiger partial charge in [-0.15, -0.1) is 0 Å². The van der Waals surface area contributed by atoms with Gasteiger partial charge < -0.3 is 14.4 Å². The van der Waals surface area contributed by atoms with Crippen LogP contribution in [0.15, 0.2) is 22.7 Å². The number of rotatable bonds is 3. The van der Waals surface area contributed by atoms with Gasteiger partial charge in [-0.1, -0.05) is 27.5 Å². The molecule has 1 fully saturated rings. The van der Waals surface area contributed by atoms with Crippen molar-refractivity contribution in [1.82, 2.24) is 4.90 Å². The highest BCUT2D eigenvalue weighted by atomic mass is 79.9. The molecule has 1 aliphatic rings. The Morgan fingerprint density at radius 3 is 2.79 bits per heavy atom. The van der Waals surface area contributed by atoms with E-state index in [1.54, 1.807) is 24.0 Å². The summed E-state index contributed by atoms with van der Waals surface area (Å²) in [6.45, 7) is 4.12. The largest absolute Gasteiger partial charge is 0.479 e. The van der Waals surface area contributed by atoms with Crippen LogP contribution in [0.25, 0.3) is 0 Å². The van der Waals surface area contributed by atoms with Crippen LogP contribution < -0.4 is 4.74 Å². The molecular weight excluding hydrogens is 334 g/mol. The Balaban J connectivity index is 1.99. The van der Waals surface area contributed by atoms with Crippen molar-refractivity contribution >= 4 is 33.4 Å². The maximum Gasteiger partial charge on any atom is 0.263 e. The van der Waals surface area contributed by atoms with Crippen molar-refractivity contribution in [2.45, 2.75) is 13.0 Å². The minimum Gasteiger partial charge on any atom is -0.479 e. The number of halogens is 2. The second kappa shape index (κ2) is 6.59. The van der Waals surface area contributed by atoms with Gasteiger partial charge in [-0.3, -0.25) is 4.79 Å². The number of carbonyl (C=O) groups excluding carboxylic acids is 1. The molecule has 1 aliphatic heterocycles. The van der Waals surface area contributed by atoms with Gasteiger partial charge in [0.15, 0.2) is 6.10 Å². The quantitative estimate of drug-likeness (QED) is 0.843. The van der Waals surface area contributed by atoms with Gasteiger partial charge in [-0.2, -0.15) is 0 Å². The van der Waals surface area contributed by atoms with Crippen molar-refractivity contribution in [1.29, 1.82) is 0 Å². The molecule has 0 bridgehead atoms. The first-order chi connectivity index (χ1) is 9.08. The lowest BCUT2D eigenvalue weighted by Gasteiger charge is -2.29. The van der Waals surface area contributed by atoms with Gasteiger partial charge in [-0.25, -0.2) is 0 Å². The molecule has 0 saturated carbocycles. The average Bonchev–Trinajstić information content (AvgIpc) is 2.42. The Hall–Kier alpha value is -0.780. The third kappa shape index (κ3) is 3.84. The Kier molecular flexibility index (Phi) is 5.07. The number of carbonyl (C=O) groups is 1. The first-order valence-corrected chi connectivity index (χ1v) is 7.23. The third-order valence-corrected chi connectivity index (χ3v) is 3.66. The van der Waals surface area contributed by atoms with Gasteiger partial charge in [-0.05, 0) is 25.1 Å². The maximum atomic E-state index is 12.2. The molecule has 1 amide bonds. The number of amides is 1. The van der Waals surface area contributed by atoms with Crippen LogP contribution >= 0.6 is 27.5 Å². The van der Waals surface area contributed by atoms with Gasteiger partial charge >= 0.3 is 0 Å². The fraction of sp³-hybridized carbons (Fsp3) is 0.462. The summed E-state index contributed by atoms with van der Waals surface area (Å²) in [7, 11) is 0. The summed E-state index contributed by atoms with van der Waals surface area (Å²) in [5.41, 5.74) is 0. The number of ether oxygens (including phenoxy) is 2. The van der Waals surface area contributed by atoms with E-state index in [0.717, 1.165) is 4.47 Å². The molecule has 2 rings (SSSR count). The second-order valence-corrected chi connectivity index (χ2v) is 5.60. The van der Waals surface area contributed by atoms with Crippen LogP contribution in [0, 0.1) is 0 Å². The van der Waals surface area contributed by atoms with Crippen LogP contribution in [-0.4, -0.2) is 43.2 Å². The molecule has 0 aromatic heterocycles. The summed E-state index contributed by atoms with van der Waals surface area (Å²) >= 11 is 9.39. The highest BCUT2D eigenvalue weighted by molar-refractivity contribution is 9.10. The lowest BCUT2D eigenvalue weighted by atomic mass is 10.3. The summed E-state index contributed by atoms with van der Waals surface area (Å²) < 4.78 is 11.7. The summed E-state index contributed by atoms with van der Waals surface area (Å²) in [4.78, 5) is 13.9. The maximum absolute atomic E-state index is 12.2. The van der Waals surface area contributed by atoms with Crippen molar-refractivity contribution in [2.24, 2.45) is 0 Å². The number of hydrogen-bond donors (Lipinski definition) is 0. The van der Waals surface area contributed by atoms with Crippen LogP contribution in [0.3, 0.4) is 0 Å². The van der Waals surface area contributed by atoms with E-state index >= 15 is 0 Å². The summed E-state index contributed by atoms with van der Waals surface area (Å²) in [6, 6.07) is 5.31. The van der Waals surface area contributed by atoms with Crippen molar-refractivity contribution in [3.05, 3.63) is 27.7 Å². The molecule has 6 heteroatoms. The lowest BCUT2D eigenvalue weighted by Crippen LogP contribution is -2.46. The molecule has 104 valence electrons. The fourth-order valence-electron chi connectivity index (χ4n) is 1.85. The Morgan fingerprint density at radius 1 is 1.47 bits per heavy atom. The zero-order valence-electron chi connectivity index (χ0n) is 10.6. The van der Waals surface area contributed by atoms with Crippen LogP contribution in [0.2, 0.25) is 5.02 Å². The molecule has 1 heterocycles. The molecule has 1 aromatic carbocycles. The zero-order valence-corrected chi connectivity index (χ0v) is 12.9. The Morgan fingerprint density at radius 2 is 2.16 bits per heavy atom. The van der Waals surface area contributed by atoms with E-state index in [4.69, 9.17) is 21.1 Å². The van der Waals surface area contributed by atoms with E-state index in [1.807, 2.05) is 6.07 Å². The molecule has 1 atom stereocenters. The van der Waals surface area contributed by atoms with Crippen LogP contribution in [0.4, 0.5) is 0 Å². The lowest BCUT2D eigenvalue weighted by molar-refractivity contribution is -0.142. The number of nitrogens with zero attached hydrogens (tertiary/aromatic N) is 1. The van der Waals surface area contributed by atoms with E-state index in [1.165, 1.54) is 0 Å².